The van der Waals surface area contributed by atoms with Crippen LogP contribution in [-0.2, 0) is 6.42 Å². The van der Waals surface area contributed by atoms with Gasteiger partial charge in [0.05, 0.1) is 12.7 Å². The van der Waals surface area contributed by atoms with Crippen LogP contribution in [0.5, 0.6) is 23.0 Å². The second-order valence-corrected chi connectivity index (χ2v) is 5.08. The van der Waals surface area contributed by atoms with Crippen molar-refractivity contribution in [2.75, 3.05) is 7.11 Å². The molecule has 0 fully saturated rings. The molecule has 0 saturated carbocycles. The van der Waals surface area contributed by atoms with Crippen LogP contribution in [0, 0.1) is 0 Å². The maximum Gasteiger partial charge on any atom is 0.276 e. The number of hydrogen-bond acceptors (Lipinski definition) is 6. The number of carbonyl (C=O) groups is 1. The van der Waals surface area contributed by atoms with Crippen molar-refractivity contribution in [3.63, 3.8) is 0 Å². The Kier molecular flexibility index (Phi) is 3.18. The summed E-state index contributed by atoms with van der Waals surface area (Å²) in [6.07, 6.45) is -0.140. The number of carbonyl (C=O) groups excluding carboxylic acids is 1. The van der Waals surface area contributed by atoms with E-state index in [1.165, 1.54) is 37.4 Å². The summed E-state index contributed by atoms with van der Waals surface area (Å²) in [5.74, 6) is -2.37. The topological polar surface area (TPSA) is 96.2 Å². The molecule has 0 bridgehead atoms. The molecule has 22 heavy (non-hydrogen) atoms. The number of hydrogen-bond donors (Lipinski definition) is 3. The normalized spacial score (nSPS) is 19.6. The third kappa shape index (κ3) is 2.23. The van der Waals surface area contributed by atoms with Crippen molar-refractivity contribution in [1.29, 1.82) is 0 Å². The fourth-order valence-corrected chi connectivity index (χ4v) is 2.46. The highest BCUT2D eigenvalue weighted by molar-refractivity contribution is 6.06. The predicted octanol–water partition coefficient (Wildman–Crippen LogP) is 1.61. The Labute approximate surface area is 126 Å². The summed E-state index contributed by atoms with van der Waals surface area (Å²) >= 11 is 0. The lowest BCUT2D eigenvalue weighted by atomic mass is 9.98. The van der Waals surface area contributed by atoms with Gasteiger partial charge < -0.3 is 24.8 Å². The monoisotopic (exact) mass is 302 g/mol. The molecule has 3 rings (SSSR count). The summed E-state index contributed by atoms with van der Waals surface area (Å²) in [7, 11) is 1.43. The first-order valence-electron chi connectivity index (χ1n) is 6.58. The van der Waals surface area contributed by atoms with Gasteiger partial charge in [-0.3, -0.25) is 4.79 Å². The van der Waals surface area contributed by atoms with E-state index < -0.39 is 11.6 Å². The van der Waals surface area contributed by atoms with Crippen molar-refractivity contribution in [3.8, 4) is 23.0 Å². The minimum atomic E-state index is -2.06. The zero-order valence-corrected chi connectivity index (χ0v) is 11.7. The molecule has 2 aromatic rings. The van der Waals surface area contributed by atoms with Crippen molar-refractivity contribution in [1.82, 2.24) is 0 Å². The van der Waals surface area contributed by atoms with Crippen LogP contribution in [0.3, 0.4) is 0 Å². The van der Waals surface area contributed by atoms with Crippen molar-refractivity contribution < 1.29 is 29.6 Å². The van der Waals surface area contributed by atoms with Gasteiger partial charge in [0, 0.05) is 12.5 Å². The van der Waals surface area contributed by atoms with Crippen LogP contribution >= 0.6 is 0 Å². The molecule has 0 spiro atoms. The van der Waals surface area contributed by atoms with Crippen LogP contribution in [0.25, 0.3) is 0 Å². The van der Waals surface area contributed by atoms with Crippen LogP contribution in [0.1, 0.15) is 15.9 Å². The zero-order valence-electron chi connectivity index (χ0n) is 11.7. The van der Waals surface area contributed by atoms with E-state index >= 15 is 0 Å². The molecule has 0 unspecified atom stereocenters. The van der Waals surface area contributed by atoms with Crippen molar-refractivity contribution in [2.45, 2.75) is 12.2 Å². The first-order chi connectivity index (χ1) is 10.4. The van der Waals surface area contributed by atoms with Crippen molar-refractivity contribution >= 4 is 5.78 Å². The molecule has 0 aliphatic carbocycles. The van der Waals surface area contributed by atoms with E-state index in [1.54, 1.807) is 6.07 Å². The molecule has 1 heterocycles. The van der Waals surface area contributed by atoms with Gasteiger partial charge in [0.2, 0.25) is 5.78 Å². The zero-order chi connectivity index (χ0) is 15.9. The lowest BCUT2D eigenvalue weighted by Crippen LogP contribution is -2.42. The molecule has 1 aliphatic heterocycles. The van der Waals surface area contributed by atoms with Gasteiger partial charge in [-0.15, -0.1) is 0 Å². The van der Waals surface area contributed by atoms with Gasteiger partial charge >= 0.3 is 0 Å². The van der Waals surface area contributed by atoms with E-state index in [2.05, 4.69) is 0 Å². The molecule has 0 aromatic heterocycles. The summed E-state index contributed by atoms with van der Waals surface area (Å²) < 4.78 is 10.3. The van der Waals surface area contributed by atoms with Crippen molar-refractivity contribution in [3.05, 3.63) is 47.5 Å². The Morgan fingerprint density at radius 2 is 1.95 bits per heavy atom. The minimum Gasteiger partial charge on any atom is -0.508 e. The van der Waals surface area contributed by atoms with E-state index in [0.29, 0.717) is 11.3 Å². The summed E-state index contributed by atoms with van der Waals surface area (Å²) in [4.78, 5) is 12.3. The molecule has 1 atom stereocenters. The van der Waals surface area contributed by atoms with Gasteiger partial charge in [-0.1, -0.05) is 6.07 Å². The highest BCUT2D eigenvalue weighted by Crippen LogP contribution is 2.38. The maximum atomic E-state index is 12.3. The number of phenolic OH excluding ortho intramolecular Hbond substituents is 2. The number of fused-ring (bicyclic) bond motifs is 1. The van der Waals surface area contributed by atoms with Crippen molar-refractivity contribution in [2.24, 2.45) is 0 Å². The summed E-state index contributed by atoms with van der Waals surface area (Å²) in [6.45, 7) is 0. The van der Waals surface area contributed by atoms with E-state index in [9.17, 15) is 20.1 Å². The van der Waals surface area contributed by atoms with Gasteiger partial charge in [0.1, 0.15) is 11.5 Å². The van der Waals surface area contributed by atoms with Gasteiger partial charge in [-0.25, -0.2) is 0 Å². The number of rotatable bonds is 3. The Hall–Kier alpha value is -2.73. The molecule has 1 aliphatic rings. The molecule has 6 nitrogen and oxygen atoms in total. The van der Waals surface area contributed by atoms with E-state index in [1.807, 2.05) is 0 Å². The first-order valence-corrected chi connectivity index (χ1v) is 6.58. The second-order valence-electron chi connectivity index (χ2n) is 5.08. The van der Waals surface area contributed by atoms with E-state index in [0.717, 1.165) is 0 Å². The van der Waals surface area contributed by atoms with Crippen LogP contribution in [0.4, 0.5) is 0 Å². The molecule has 3 N–H and O–H groups in total. The number of phenols is 2. The number of ketones is 1. The molecular weight excluding hydrogens is 288 g/mol. The highest BCUT2D eigenvalue weighted by atomic mass is 16.6. The Morgan fingerprint density at radius 1 is 1.18 bits per heavy atom. The smallest absolute Gasteiger partial charge is 0.276 e. The average molecular weight is 302 g/mol. The molecule has 6 heteroatoms. The third-order valence-corrected chi connectivity index (χ3v) is 3.53. The third-order valence-electron chi connectivity index (χ3n) is 3.53. The van der Waals surface area contributed by atoms with Gasteiger partial charge in [-0.2, -0.15) is 0 Å². The molecule has 0 amide bonds. The van der Waals surface area contributed by atoms with Crippen LogP contribution in [0.15, 0.2) is 36.4 Å². The minimum absolute atomic E-state index is 0.0575. The number of aliphatic hydroxyl groups is 1. The van der Waals surface area contributed by atoms with Gasteiger partial charge in [0.15, 0.2) is 11.5 Å². The molecule has 2 aromatic carbocycles. The SMILES string of the molecule is COc1ccc(C[C@@]2(O)Oc3cc(O)ccc3C2=O)cc1O. The van der Waals surface area contributed by atoms with Crippen LogP contribution in [-0.4, -0.2) is 34.0 Å². The lowest BCUT2D eigenvalue weighted by molar-refractivity contribution is -0.0889. The molecular formula is C16H14O6. The number of Topliss-reactive ketones (excluding diaryl/α,β-unsaturated/α-hetero) is 1. The molecule has 114 valence electrons. The fourth-order valence-electron chi connectivity index (χ4n) is 2.46. The van der Waals surface area contributed by atoms with E-state index in [4.69, 9.17) is 9.47 Å². The molecule has 0 radical (unpaired) electrons. The van der Waals surface area contributed by atoms with Crippen LogP contribution in [0.2, 0.25) is 0 Å². The predicted molar refractivity (Wildman–Crippen MR) is 76.4 cm³/mol. The quantitative estimate of drug-likeness (QED) is 0.797. The largest absolute Gasteiger partial charge is 0.508 e. The number of aromatic hydroxyl groups is 2. The maximum absolute atomic E-state index is 12.3. The Morgan fingerprint density at radius 3 is 2.64 bits per heavy atom. The Bertz CT molecular complexity index is 754. The van der Waals surface area contributed by atoms with E-state index in [-0.39, 0.29) is 29.2 Å². The number of benzene rings is 2. The Balaban J connectivity index is 1.90. The van der Waals surface area contributed by atoms with Gasteiger partial charge in [0.25, 0.3) is 5.79 Å². The summed E-state index contributed by atoms with van der Waals surface area (Å²) in [6, 6.07) is 8.58. The first kappa shape index (κ1) is 14.2. The van der Waals surface area contributed by atoms with Crippen LogP contribution < -0.4 is 9.47 Å². The highest BCUT2D eigenvalue weighted by Gasteiger charge is 2.46. The number of ether oxygens (including phenoxy) is 2. The summed E-state index contributed by atoms with van der Waals surface area (Å²) in [5, 5.41) is 29.7. The standard InChI is InChI=1S/C16H14O6/c1-21-13-5-2-9(6-12(13)18)8-16(20)15(19)11-4-3-10(17)7-14(11)22-16/h2-7,17-18,20H,8H2,1H3/t16-/m1/s1. The molecule has 0 saturated heterocycles. The van der Waals surface area contributed by atoms with Gasteiger partial charge in [-0.05, 0) is 29.8 Å². The summed E-state index contributed by atoms with van der Waals surface area (Å²) in [5.41, 5.74) is 0.712. The average Bonchev–Trinajstić information content (AvgIpc) is 2.70. The lowest BCUT2D eigenvalue weighted by Gasteiger charge is -2.20. The fraction of sp³-hybridized carbons (Fsp3) is 0.188. The number of methoxy groups -OCH3 is 1. The second kappa shape index (κ2) is 4.92.